The van der Waals surface area contributed by atoms with Gasteiger partial charge in [0.05, 0.1) is 5.69 Å². The number of alkyl halides is 1. The van der Waals surface area contributed by atoms with Gasteiger partial charge in [0.2, 0.25) is 0 Å². The molecule has 0 aliphatic rings. The third kappa shape index (κ3) is 3.03. The summed E-state index contributed by atoms with van der Waals surface area (Å²) in [6.45, 7) is 0.644. The summed E-state index contributed by atoms with van der Waals surface area (Å²) in [7, 11) is 0. The van der Waals surface area contributed by atoms with E-state index in [4.69, 9.17) is 0 Å². The Morgan fingerprint density at radius 3 is 2.59 bits per heavy atom. The molecule has 0 unspecified atom stereocenters. The molecule has 0 atom stereocenters. The highest BCUT2D eigenvalue weighted by Crippen LogP contribution is 2.13. The average Bonchev–Trinajstić information content (AvgIpc) is 2.39. The quantitative estimate of drug-likeness (QED) is 0.812. The number of halogens is 1. The van der Waals surface area contributed by atoms with Crippen LogP contribution in [0.1, 0.15) is 6.42 Å². The Hall–Kier alpha value is -1.42. The number of rotatable bonds is 4. The van der Waals surface area contributed by atoms with E-state index in [0.717, 1.165) is 23.0 Å². The van der Waals surface area contributed by atoms with Gasteiger partial charge in [-0.3, -0.25) is 4.79 Å². The predicted molar refractivity (Wildman–Crippen MR) is 72.3 cm³/mol. The third-order valence-corrected chi connectivity index (χ3v) is 3.00. The molecule has 1 aromatic carbocycles. The van der Waals surface area contributed by atoms with Crippen molar-refractivity contribution in [3.8, 4) is 11.3 Å². The Morgan fingerprint density at radius 1 is 1.12 bits per heavy atom. The van der Waals surface area contributed by atoms with Crippen LogP contribution in [0.2, 0.25) is 0 Å². The minimum atomic E-state index is -0.0503. The van der Waals surface area contributed by atoms with E-state index in [1.165, 1.54) is 4.68 Å². The summed E-state index contributed by atoms with van der Waals surface area (Å²) in [4.78, 5) is 11.6. The summed E-state index contributed by atoms with van der Waals surface area (Å²) >= 11 is 3.35. The Bertz CT molecular complexity index is 537. The lowest BCUT2D eigenvalue weighted by Gasteiger charge is -2.05. The molecule has 17 heavy (non-hydrogen) atoms. The predicted octanol–water partition coefficient (Wildman–Crippen LogP) is 2.70. The van der Waals surface area contributed by atoms with Crippen LogP contribution in [0, 0.1) is 0 Å². The lowest BCUT2D eigenvalue weighted by atomic mass is 10.1. The number of aryl methyl sites for hydroxylation is 1. The van der Waals surface area contributed by atoms with Crippen LogP contribution in [-0.4, -0.2) is 15.1 Å². The van der Waals surface area contributed by atoms with Gasteiger partial charge >= 0.3 is 0 Å². The van der Waals surface area contributed by atoms with Crippen molar-refractivity contribution in [2.24, 2.45) is 0 Å². The summed E-state index contributed by atoms with van der Waals surface area (Å²) in [5.41, 5.74) is 1.81. The second kappa shape index (κ2) is 5.77. The van der Waals surface area contributed by atoms with Crippen LogP contribution in [0.4, 0.5) is 0 Å². The molecule has 0 saturated heterocycles. The van der Waals surface area contributed by atoms with Crippen LogP contribution in [0.15, 0.2) is 47.3 Å². The first kappa shape index (κ1) is 12.0. The third-order valence-electron chi connectivity index (χ3n) is 2.44. The van der Waals surface area contributed by atoms with E-state index in [1.807, 2.05) is 30.3 Å². The Labute approximate surface area is 108 Å². The molecule has 3 nitrogen and oxygen atoms in total. The fourth-order valence-corrected chi connectivity index (χ4v) is 1.83. The van der Waals surface area contributed by atoms with Crippen molar-refractivity contribution in [3.63, 3.8) is 0 Å². The smallest absolute Gasteiger partial charge is 0.266 e. The van der Waals surface area contributed by atoms with Crippen molar-refractivity contribution in [3.05, 3.63) is 52.8 Å². The van der Waals surface area contributed by atoms with Gasteiger partial charge in [0.25, 0.3) is 5.56 Å². The van der Waals surface area contributed by atoms with E-state index in [1.54, 1.807) is 12.1 Å². The largest absolute Gasteiger partial charge is 0.268 e. The summed E-state index contributed by atoms with van der Waals surface area (Å²) in [5.74, 6) is 0. The second-order valence-corrected chi connectivity index (χ2v) is 4.48. The maximum Gasteiger partial charge on any atom is 0.266 e. The van der Waals surface area contributed by atoms with Gasteiger partial charge in [0.15, 0.2) is 0 Å². The molecule has 2 rings (SSSR count). The molecule has 0 bridgehead atoms. The molecule has 88 valence electrons. The van der Waals surface area contributed by atoms with Crippen LogP contribution in [0.25, 0.3) is 11.3 Å². The minimum Gasteiger partial charge on any atom is -0.268 e. The summed E-state index contributed by atoms with van der Waals surface area (Å²) < 4.78 is 1.52. The van der Waals surface area contributed by atoms with Crippen molar-refractivity contribution >= 4 is 15.9 Å². The molecule has 0 saturated carbocycles. The van der Waals surface area contributed by atoms with Crippen LogP contribution in [0.3, 0.4) is 0 Å². The first-order valence-corrected chi connectivity index (χ1v) is 6.63. The van der Waals surface area contributed by atoms with Gasteiger partial charge in [0.1, 0.15) is 0 Å². The Kier molecular flexibility index (Phi) is 4.09. The summed E-state index contributed by atoms with van der Waals surface area (Å²) in [6.07, 6.45) is 0.894. The van der Waals surface area contributed by atoms with Crippen molar-refractivity contribution < 1.29 is 0 Å². The van der Waals surface area contributed by atoms with Crippen molar-refractivity contribution in [1.82, 2.24) is 9.78 Å². The van der Waals surface area contributed by atoms with Crippen molar-refractivity contribution in [2.75, 3.05) is 5.33 Å². The fraction of sp³-hybridized carbons (Fsp3) is 0.231. The number of hydrogen-bond acceptors (Lipinski definition) is 2. The molecule has 1 aromatic heterocycles. The van der Waals surface area contributed by atoms with Gasteiger partial charge < -0.3 is 0 Å². The van der Waals surface area contributed by atoms with E-state index in [0.29, 0.717) is 6.54 Å². The van der Waals surface area contributed by atoms with Gasteiger partial charge in [-0.1, -0.05) is 46.3 Å². The first-order valence-electron chi connectivity index (χ1n) is 5.51. The maximum atomic E-state index is 11.6. The molecule has 0 N–H and O–H groups in total. The molecular formula is C13H13BrN2O. The number of aromatic nitrogens is 2. The van der Waals surface area contributed by atoms with Crippen LogP contribution >= 0.6 is 15.9 Å². The molecule has 1 heterocycles. The second-order valence-electron chi connectivity index (χ2n) is 3.69. The van der Waals surface area contributed by atoms with Crippen molar-refractivity contribution in [2.45, 2.75) is 13.0 Å². The Morgan fingerprint density at radius 2 is 1.88 bits per heavy atom. The fourth-order valence-electron chi connectivity index (χ4n) is 1.58. The van der Waals surface area contributed by atoms with E-state index in [2.05, 4.69) is 21.0 Å². The lowest BCUT2D eigenvalue weighted by molar-refractivity contribution is 0.574. The number of nitrogens with zero attached hydrogens (tertiary/aromatic N) is 2. The number of benzene rings is 1. The molecule has 0 amide bonds. The average molecular weight is 293 g/mol. The zero-order valence-electron chi connectivity index (χ0n) is 9.34. The standard InChI is InChI=1S/C13H13BrN2O/c14-9-4-10-16-13(17)8-7-12(15-16)11-5-2-1-3-6-11/h1-3,5-8H,4,9-10H2. The van der Waals surface area contributed by atoms with Gasteiger partial charge in [-0.05, 0) is 12.5 Å². The van der Waals surface area contributed by atoms with Gasteiger partial charge in [-0.2, -0.15) is 5.10 Å². The molecule has 4 heteroatoms. The molecule has 0 aliphatic carbocycles. The Balaban J connectivity index is 2.34. The van der Waals surface area contributed by atoms with Crippen LogP contribution < -0.4 is 5.56 Å². The monoisotopic (exact) mass is 292 g/mol. The highest BCUT2D eigenvalue weighted by Gasteiger charge is 2.02. The van der Waals surface area contributed by atoms with E-state index in [-0.39, 0.29) is 5.56 Å². The molecular weight excluding hydrogens is 280 g/mol. The van der Waals surface area contributed by atoms with Gasteiger partial charge in [-0.25, -0.2) is 4.68 Å². The number of hydrogen-bond donors (Lipinski definition) is 0. The topological polar surface area (TPSA) is 34.9 Å². The summed E-state index contributed by atoms with van der Waals surface area (Å²) in [6, 6.07) is 13.2. The van der Waals surface area contributed by atoms with Gasteiger partial charge in [0, 0.05) is 23.5 Å². The molecule has 0 fully saturated rings. The van der Waals surface area contributed by atoms with Crippen LogP contribution in [0.5, 0.6) is 0 Å². The van der Waals surface area contributed by atoms with Crippen LogP contribution in [-0.2, 0) is 6.54 Å². The highest BCUT2D eigenvalue weighted by molar-refractivity contribution is 9.09. The van der Waals surface area contributed by atoms with Gasteiger partial charge in [-0.15, -0.1) is 0 Å². The molecule has 0 aliphatic heterocycles. The highest BCUT2D eigenvalue weighted by atomic mass is 79.9. The maximum absolute atomic E-state index is 11.6. The van der Waals surface area contributed by atoms with E-state index >= 15 is 0 Å². The SMILES string of the molecule is O=c1ccc(-c2ccccc2)nn1CCCBr. The molecule has 0 spiro atoms. The summed E-state index contributed by atoms with van der Waals surface area (Å²) in [5, 5.41) is 5.24. The zero-order chi connectivity index (χ0) is 12.1. The molecule has 0 radical (unpaired) electrons. The van der Waals surface area contributed by atoms with E-state index in [9.17, 15) is 4.79 Å². The normalized spacial score (nSPS) is 10.4. The zero-order valence-corrected chi connectivity index (χ0v) is 10.9. The van der Waals surface area contributed by atoms with E-state index < -0.39 is 0 Å². The minimum absolute atomic E-state index is 0.0503. The van der Waals surface area contributed by atoms with Crippen molar-refractivity contribution in [1.29, 1.82) is 0 Å². The first-order chi connectivity index (χ1) is 8.31. The molecule has 2 aromatic rings. The lowest BCUT2D eigenvalue weighted by Crippen LogP contribution is -2.22.